The molecule has 2 rings (SSSR count). The summed E-state index contributed by atoms with van der Waals surface area (Å²) < 4.78 is 0. The van der Waals surface area contributed by atoms with E-state index < -0.39 is 8.07 Å². The van der Waals surface area contributed by atoms with Crippen LogP contribution in [0.3, 0.4) is 0 Å². The molecule has 1 unspecified atom stereocenters. The Morgan fingerprint density at radius 3 is 2.12 bits per heavy atom. The Balaban J connectivity index is 2.56. The molecular formula is C15H19NSi. The lowest BCUT2D eigenvalue weighted by molar-refractivity contribution is 1.31. The molecule has 0 spiro atoms. The zero-order valence-corrected chi connectivity index (χ0v) is 11.5. The van der Waals surface area contributed by atoms with Gasteiger partial charge in [0.15, 0.2) is 0 Å². The second kappa shape index (κ2) is 4.86. The lowest BCUT2D eigenvalue weighted by Gasteiger charge is -2.28. The molecule has 0 amide bonds. The number of aryl methyl sites for hydroxylation is 1. The molecule has 0 aliphatic carbocycles. The van der Waals surface area contributed by atoms with Crippen molar-refractivity contribution in [3.05, 3.63) is 60.2 Å². The third-order valence-corrected chi connectivity index (χ3v) is 7.73. The first kappa shape index (κ1) is 12.1. The van der Waals surface area contributed by atoms with Crippen molar-refractivity contribution >= 4 is 18.4 Å². The molecule has 0 aliphatic rings. The Kier molecular flexibility index (Phi) is 3.45. The van der Waals surface area contributed by atoms with Gasteiger partial charge in [-0.2, -0.15) is 0 Å². The van der Waals surface area contributed by atoms with Crippen LogP contribution in [-0.2, 0) is 0 Å². The van der Waals surface area contributed by atoms with Gasteiger partial charge in [-0.25, -0.2) is 0 Å². The van der Waals surface area contributed by atoms with E-state index in [-0.39, 0.29) is 0 Å². The molecule has 17 heavy (non-hydrogen) atoms. The van der Waals surface area contributed by atoms with Crippen LogP contribution in [0, 0.1) is 6.92 Å². The smallest absolute Gasteiger partial charge is 0.128 e. The topological polar surface area (TPSA) is 26.0 Å². The molecule has 2 aromatic rings. The number of nitrogens with two attached hydrogens (primary N) is 1. The average Bonchev–Trinajstić information content (AvgIpc) is 2.39. The van der Waals surface area contributed by atoms with Crippen LogP contribution in [0.1, 0.15) is 5.56 Å². The Labute approximate surface area is 104 Å². The summed E-state index contributed by atoms with van der Waals surface area (Å²) in [5.74, 6) is 0. The first-order valence-electron chi connectivity index (χ1n) is 6.00. The quantitative estimate of drug-likeness (QED) is 0.813. The molecule has 1 atom stereocenters. The highest BCUT2D eigenvalue weighted by Crippen LogP contribution is 2.07. The number of rotatable bonds is 3. The molecule has 0 heterocycles. The highest BCUT2D eigenvalue weighted by molar-refractivity contribution is 7.01. The van der Waals surface area contributed by atoms with E-state index in [1.54, 1.807) is 0 Å². The van der Waals surface area contributed by atoms with Crippen LogP contribution in [0.5, 0.6) is 0 Å². The SMILES string of the molecule is Cc1ccccc1[Si](C)(CN)c1ccccc1. The number of hydrogen-bond donors (Lipinski definition) is 1. The third kappa shape index (κ3) is 2.19. The fourth-order valence-corrected chi connectivity index (χ4v) is 5.49. The number of benzene rings is 2. The molecular weight excluding hydrogens is 222 g/mol. The van der Waals surface area contributed by atoms with Crippen LogP contribution in [-0.4, -0.2) is 14.2 Å². The Bertz CT molecular complexity index is 495. The lowest BCUT2D eigenvalue weighted by atomic mass is 10.2. The molecule has 2 N–H and O–H groups in total. The highest BCUT2D eigenvalue weighted by atomic mass is 28.3. The van der Waals surface area contributed by atoms with Crippen LogP contribution < -0.4 is 16.1 Å². The van der Waals surface area contributed by atoms with Crippen molar-refractivity contribution in [2.45, 2.75) is 13.5 Å². The van der Waals surface area contributed by atoms with Gasteiger partial charge in [-0.3, -0.25) is 0 Å². The van der Waals surface area contributed by atoms with Crippen molar-refractivity contribution in [2.75, 3.05) is 6.17 Å². The van der Waals surface area contributed by atoms with Crippen molar-refractivity contribution in [3.63, 3.8) is 0 Å². The monoisotopic (exact) mass is 241 g/mol. The summed E-state index contributed by atoms with van der Waals surface area (Å²) in [5.41, 5.74) is 7.46. The van der Waals surface area contributed by atoms with Gasteiger partial charge in [-0.1, -0.05) is 77.1 Å². The molecule has 0 bridgehead atoms. The van der Waals surface area contributed by atoms with Crippen LogP contribution in [0.15, 0.2) is 54.6 Å². The Morgan fingerprint density at radius 1 is 0.941 bits per heavy atom. The second-order valence-corrected chi connectivity index (χ2v) is 8.91. The second-order valence-electron chi connectivity index (χ2n) is 4.72. The van der Waals surface area contributed by atoms with Crippen molar-refractivity contribution in [1.82, 2.24) is 0 Å². The third-order valence-electron chi connectivity index (χ3n) is 3.56. The maximum Gasteiger partial charge on any atom is 0.128 e. The molecule has 2 heteroatoms. The van der Waals surface area contributed by atoms with Gasteiger partial charge in [0.25, 0.3) is 0 Å². The molecule has 88 valence electrons. The van der Waals surface area contributed by atoms with Gasteiger partial charge in [-0.15, -0.1) is 0 Å². The summed E-state index contributed by atoms with van der Waals surface area (Å²) in [6.45, 7) is 4.53. The summed E-state index contributed by atoms with van der Waals surface area (Å²) in [4.78, 5) is 0. The van der Waals surface area contributed by atoms with Crippen molar-refractivity contribution in [1.29, 1.82) is 0 Å². The minimum Gasteiger partial charge on any atom is -0.332 e. The zero-order valence-electron chi connectivity index (χ0n) is 10.5. The van der Waals surface area contributed by atoms with E-state index in [4.69, 9.17) is 5.73 Å². The Morgan fingerprint density at radius 2 is 1.53 bits per heavy atom. The van der Waals surface area contributed by atoms with E-state index in [2.05, 4.69) is 68.1 Å². The minimum atomic E-state index is -1.74. The largest absolute Gasteiger partial charge is 0.332 e. The molecule has 0 saturated carbocycles. The van der Waals surface area contributed by atoms with E-state index in [0.29, 0.717) is 0 Å². The van der Waals surface area contributed by atoms with Crippen molar-refractivity contribution < 1.29 is 0 Å². The first-order chi connectivity index (χ1) is 8.18. The summed E-state index contributed by atoms with van der Waals surface area (Å²) >= 11 is 0. The van der Waals surface area contributed by atoms with Gasteiger partial charge in [0.05, 0.1) is 0 Å². The first-order valence-corrected chi connectivity index (χ1v) is 8.71. The molecule has 0 saturated heterocycles. The van der Waals surface area contributed by atoms with E-state index in [0.717, 1.165) is 6.17 Å². The highest BCUT2D eigenvalue weighted by Gasteiger charge is 2.31. The predicted octanol–water partition coefficient (Wildman–Crippen LogP) is 1.69. The van der Waals surface area contributed by atoms with Gasteiger partial charge < -0.3 is 5.73 Å². The van der Waals surface area contributed by atoms with Gasteiger partial charge in [0.1, 0.15) is 8.07 Å². The summed E-state index contributed by atoms with van der Waals surface area (Å²) in [7, 11) is -1.74. The van der Waals surface area contributed by atoms with Crippen LogP contribution >= 0.6 is 0 Å². The fraction of sp³-hybridized carbons (Fsp3) is 0.200. The van der Waals surface area contributed by atoms with E-state index >= 15 is 0 Å². The Hall–Kier alpha value is -1.38. The molecule has 2 aromatic carbocycles. The molecule has 0 aliphatic heterocycles. The standard InChI is InChI=1S/C15H19NSi/c1-13-8-6-7-11-15(13)17(2,12-16)14-9-4-3-5-10-14/h3-11H,12,16H2,1-2H3. The average molecular weight is 241 g/mol. The van der Waals surface area contributed by atoms with Gasteiger partial charge in [0, 0.05) is 0 Å². The predicted molar refractivity (Wildman–Crippen MR) is 77.6 cm³/mol. The number of hydrogen-bond acceptors (Lipinski definition) is 1. The summed E-state index contributed by atoms with van der Waals surface area (Å²) in [5, 5.41) is 2.87. The van der Waals surface area contributed by atoms with Gasteiger partial charge in [-0.05, 0) is 13.1 Å². The van der Waals surface area contributed by atoms with Crippen LogP contribution in [0.4, 0.5) is 0 Å². The summed E-state index contributed by atoms with van der Waals surface area (Å²) in [6.07, 6.45) is 0.752. The molecule has 0 fully saturated rings. The van der Waals surface area contributed by atoms with Gasteiger partial charge in [0.2, 0.25) is 0 Å². The van der Waals surface area contributed by atoms with Crippen LogP contribution in [0.2, 0.25) is 6.55 Å². The normalized spacial score (nSPS) is 14.3. The maximum absolute atomic E-state index is 6.10. The van der Waals surface area contributed by atoms with E-state index in [1.165, 1.54) is 15.9 Å². The molecule has 0 radical (unpaired) electrons. The van der Waals surface area contributed by atoms with Gasteiger partial charge >= 0.3 is 0 Å². The molecule has 0 aromatic heterocycles. The molecule has 1 nitrogen and oxygen atoms in total. The zero-order chi connectivity index (χ0) is 12.3. The minimum absolute atomic E-state index is 0.752. The van der Waals surface area contributed by atoms with Crippen LogP contribution in [0.25, 0.3) is 0 Å². The van der Waals surface area contributed by atoms with E-state index in [9.17, 15) is 0 Å². The maximum atomic E-state index is 6.10. The van der Waals surface area contributed by atoms with Crippen molar-refractivity contribution in [3.8, 4) is 0 Å². The van der Waals surface area contributed by atoms with E-state index in [1.807, 2.05) is 0 Å². The fourth-order valence-electron chi connectivity index (χ4n) is 2.38. The lowest BCUT2D eigenvalue weighted by Crippen LogP contribution is -2.62. The van der Waals surface area contributed by atoms with Crippen molar-refractivity contribution in [2.24, 2.45) is 5.73 Å². The summed E-state index contributed by atoms with van der Waals surface area (Å²) in [6, 6.07) is 19.3.